The van der Waals surface area contributed by atoms with Crippen LogP contribution >= 0.6 is 0 Å². The number of unbranched alkanes of at least 4 members (excludes halogenated alkanes) is 1. The number of nitrogens with zero attached hydrogens (tertiary/aromatic N) is 2. The first-order valence-electron chi connectivity index (χ1n) is 12.1. The third kappa shape index (κ3) is 5.26. The van der Waals surface area contributed by atoms with E-state index >= 15 is 0 Å². The third-order valence-corrected chi connectivity index (χ3v) is 7.93. The number of pyridine rings is 1. The summed E-state index contributed by atoms with van der Waals surface area (Å²) >= 11 is 0. The van der Waals surface area contributed by atoms with Gasteiger partial charge >= 0.3 is 0 Å². The van der Waals surface area contributed by atoms with E-state index in [1.807, 2.05) is 0 Å². The van der Waals surface area contributed by atoms with Gasteiger partial charge in [-0.2, -0.15) is 0 Å². The Hall–Kier alpha value is -2.76. The quantitative estimate of drug-likeness (QED) is 0.395. The first-order valence-corrected chi connectivity index (χ1v) is 13.6. The van der Waals surface area contributed by atoms with Crippen molar-refractivity contribution in [1.82, 2.24) is 14.3 Å². The highest BCUT2D eigenvalue weighted by molar-refractivity contribution is 7.89. The Morgan fingerprint density at radius 2 is 1.91 bits per heavy atom. The molecule has 0 saturated heterocycles. The number of alkyl halides is 2. The number of hydrogen-bond donors (Lipinski definition) is 1. The predicted octanol–water partition coefficient (Wildman–Crippen LogP) is 5.86. The van der Waals surface area contributed by atoms with Crippen LogP contribution in [-0.2, 0) is 10.0 Å². The fourth-order valence-corrected chi connectivity index (χ4v) is 5.83. The second-order valence-electron chi connectivity index (χ2n) is 9.11. The lowest BCUT2D eigenvalue weighted by Gasteiger charge is -2.18. The lowest BCUT2D eigenvalue weighted by Crippen LogP contribution is -2.37. The summed E-state index contributed by atoms with van der Waals surface area (Å²) in [5.74, 6) is 6.65. The summed E-state index contributed by atoms with van der Waals surface area (Å²) in [6, 6.07) is 8.36. The standard InChI is InChI=1S/C27H31F2N3O2S/c1-3-4-5-10-24-23-13-11-19(2)15-26(23)32(21-8-6-7-9-21)27(24)25-14-12-22(18-30-25)35(33,34)31-20(16-28)17-29/h11-15,18,20-21,31H,3-4,6-9,16-17H2,1-2H3. The van der Waals surface area contributed by atoms with E-state index in [1.165, 1.54) is 12.3 Å². The predicted molar refractivity (Wildman–Crippen MR) is 135 cm³/mol. The van der Waals surface area contributed by atoms with Crippen LogP contribution in [-0.4, -0.2) is 37.4 Å². The minimum absolute atomic E-state index is 0.133. The molecule has 1 aliphatic rings. The summed E-state index contributed by atoms with van der Waals surface area (Å²) in [6.45, 7) is 1.91. The fourth-order valence-electron chi connectivity index (χ4n) is 4.69. The molecule has 1 aliphatic carbocycles. The van der Waals surface area contributed by atoms with Gasteiger partial charge in [0.1, 0.15) is 18.2 Å². The molecule has 0 spiro atoms. The van der Waals surface area contributed by atoms with Gasteiger partial charge in [0, 0.05) is 24.0 Å². The van der Waals surface area contributed by atoms with Crippen molar-refractivity contribution in [3.63, 3.8) is 0 Å². The van der Waals surface area contributed by atoms with Gasteiger partial charge < -0.3 is 4.57 Å². The molecule has 1 saturated carbocycles. The Bertz CT molecular complexity index is 1350. The van der Waals surface area contributed by atoms with E-state index in [2.05, 4.69) is 58.2 Å². The molecule has 5 nitrogen and oxygen atoms in total. The average molecular weight is 500 g/mol. The van der Waals surface area contributed by atoms with E-state index in [0.717, 1.165) is 66.2 Å². The molecule has 2 heterocycles. The van der Waals surface area contributed by atoms with Crippen molar-refractivity contribution in [2.24, 2.45) is 0 Å². The molecular weight excluding hydrogens is 468 g/mol. The summed E-state index contributed by atoms with van der Waals surface area (Å²) in [4.78, 5) is 4.38. The lowest BCUT2D eigenvalue weighted by molar-refractivity contribution is 0.334. The van der Waals surface area contributed by atoms with Gasteiger partial charge in [0.25, 0.3) is 0 Å². The molecule has 35 heavy (non-hydrogen) atoms. The number of hydrogen-bond acceptors (Lipinski definition) is 3. The van der Waals surface area contributed by atoms with Crippen molar-refractivity contribution >= 4 is 20.9 Å². The Kier molecular flexibility index (Phi) is 7.88. The monoisotopic (exact) mass is 499 g/mol. The highest BCUT2D eigenvalue weighted by atomic mass is 32.2. The van der Waals surface area contributed by atoms with E-state index < -0.39 is 29.4 Å². The minimum Gasteiger partial charge on any atom is -0.335 e. The number of halogens is 2. The van der Waals surface area contributed by atoms with Gasteiger partial charge in [0.05, 0.1) is 28.5 Å². The Morgan fingerprint density at radius 3 is 2.54 bits per heavy atom. The molecular formula is C27H31F2N3O2S. The number of rotatable bonds is 8. The van der Waals surface area contributed by atoms with Crippen LogP contribution in [0.4, 0.5) is 8.78 Å². The van der Waals surface area contributed by atoms with Crippen molar-refractivity contribution in [3.05, 3.63) is 47.7 Å². The molecule has 8 heteroatoms. The number of aryl methyl sites for hydroxylation is 1. The molecule has 0 radical (unpaired) electrons. The van der Waals surface area contributed by atoms with Crippen molar-refractivity contribution in [2.75, 3.05) is 13.3 Å². The SMILES string of the molecule is CCCC#Cc1c(-c2ccc(S(=O)(=O)NC(CF)CF)cn2)n(C2CCCC2)c2cc(C)ccc12. The zero-order valence-corrected chi connectivity index (χ0v) is 21.0. The smallest absolute Gasteiger partial charge is 0.242 e. The second-order valence-corrected chi connectivity index (χ2v) is 10.8. The molecule has 0 unspecified atom stereocenters. The van der Waals surface area contributed by atoms with Gasteiger partial charge in [-0.3, -0.25) is 4.98 Å². The topological polar surface area (TPSA) is 64.0 Å². The Balaban J connectivity index is 1.87. The van der Waals surface area contributed by atoms with E-state index in [4.69, 9.17) is 0 Å². The number of fused-ring (bicyclic) bond motifs is 1. The molecule has 0 aliphatic heterocycles. The maximum atomic E-state index is 12.9. The van der Waals surface area contributed by atoms with Gasteiger partial charge in [-0.05, 0) is 49.9 Å². The number of benzene rings is 1. The Labute approximate surface area is 206 Å². The van der Waals surface area contributed by atoms with Crippen molar-refractivity contribution < 1.29 is 17.2 Å². The molecule has 0 bridgehead atoms. The van der Waals surface area contributed by atoms with Crippen LogP contribution in [0.1, 0.15) is 62.6 Å². The molecule has 0 atom stereocenters. The van der Waals surface area contributed by atoms with Gasteiger partial charge in [0.2, 0.25) is 10.0 Å². The number of sulfonamides is 1. The van der Waals surface area contributed by atoms with Gasteiger partial charge in [-0.15, -0.1) is 0 Å². The van der Waals surface area contributed by atoms with Gasteiger partial charge in [-0.1, -0.05) is 43.7 Å². The van der Waals surface area contributed by atoms with Crippen molar-refractivity contribution in [3.8, 4) is 23.2 Å². The maximum absolute atomic E-state index is 12.9. The lowest BCUT2D eigenvalue weighted by atomic mass is 10.1. The van der Waals surface area contributed by atoms with E-state index in [-0.39, 0.29) is 4.90 Å². The van der Waals surface area contributed by atoms with Gasteiger partial charge in [-0.25, -0.2) is 21.9 Å². The zero-order chi connectivity index (χ0) is 25.0. The largest absolute Gasteiger partial charge is 0.335 e. The third-order valence-electron chi connectivity index (χ3n) is 6.42. The summed E-state index contributed by atoms with van der Waals surface area (Å²) in [6.07, 6.45) is 7.44. The highest BCUT2D eigenvalue weighted by Gasteiger charge is 2.27. The molecule has 186 valence electrons. The zero-order valence-electron chi connectivity index (χ0n) is 20.2. The molecule has 1 aromatic carbocycles. The summed E-state index contributed by atoms with van der Waals surface area (Å²) in [7, 11) is -4.09. The Morgan fingerprint density at radius 1 is 1.17 bits per heavy atom. The van der Waals surface area contributed by atoms with E-state index in [0.29, 0.717) is 11.7 Å². The minimum atomic E-state index is -4.09. The van der Waals surface area contributed by atoms with Crippen LogP contribution < -0.4 is 4.72 Å². The highest BCUT2D eigenvalue weighted by Crippen LogP contribution is 2.41. The summed E-state index contributed by atoms with van der Waals surface area (Å²) < 4.78 is 55.3. The molecule has 1 N–H and O–H groups in total. The molecule has 0 amide bonds. The molecule has 4 rings (SSSR count). The van der Waals surface area contributed by atoms with Crippen LogP contribution in [0.25, 0.3) is 22.3 Å². The first-order chi connectivity index (χ1) is 16.9. The van der Waals surface area contributed by atoms with Crippen LogP contribution in [0, 0.1) is 18.8 Å². The fraction of sp³-hybridized carbons (Fsp3) is 0.444. The number of aromatic nitrogens is 2. The molecule has 3 aromatic rings. The summed E-state index contributed by atoms with van der Waals surface area (Å²) in [5, 5.41) is 1.06. The van der Waals surface area contributed by atoms with Crippen LogP contribution in [0.3, 0.4) is 0 Å². The average Bonchev–Trinajstić information content (AvgIpc) is 3.49. The first kappa shape index (κ1) is 25.3. The maximum Gasteiger partial charge on any atom is 0.242 e. The number of nitrogens with one attached hydrogen (secondary N) is 1. The molecule has 1 fully saturated rings. The van der Waals surface area contributed by atoms with E-state index in [9.17, 15) is 17.2 Å². The van der Waals surface area contributed by atoms with Crippen LogP contribution in [0.15, 0.2) is 41.4 Å². The summed E-state index contributed by atoms with van der Waals surface area (Å²) in [5.41, 5.74) is 4.68. The van der Waals surface area contributed by atoms with Gasteiger partial charge in [0.15, 0.2) is 0 Å². The van der Waals surface area contributed by atoms with E-state index in [1.54, 1.807) is 6.07 Å². The second kappa shape index (κ2) is 10.9. The van der Waals surface area contributed by atoms with Crippen LogP contribution in [0.2, 0.25) is 0 Å². The normalized spacial score (nSPS) is 14.5. The molecule has 2 aromatic heterocycles. The van der Waals surface area contributed by atoms with Crippen molar-refractivity contribution in [2.45, 2.75) is 69.4 Å². The van der Waals surface area contributed by atoms with Crippen molar-refractivity contribution in [1.29, 1.82) is 0 Å². The van der Waals surface area contributed by atoms with Crippen LogP contribution in [0.5, 0.6) is 0 Å².